The third-order valence-corrected chi connectivity index (χ3v) is 6.08. The average Bonchev–Trinajstić information content (AvgIpc) is 3.11. The molecule has 0 aliphatic heterocycles. The number of nitrogens with one attached hydrogen (secondary N) is 1. The number of thiophene rings is 1. The second-order valence-corrected chi connectivity index (χ2v) is 8.20. The molecule has 0 saturated heterocycles. The number of carbonyl (C=O) groups excluding carboxylic acids is 2. The van der Waals surface area contributed by atoms with E-state index in [0.29, 0.717) is 34.7 Å². The van der Waals surface area contributed by atoms with Crippen molar-refractivity contribution >= 4 is 54.2 Å². The van der Waals surface area contributed by atoms with E-state index >= 15 is 0 Å². The van der Waals surface area contributed by atoms with Crippen LogP contribution in [0.15, 0.2) is 40.9 Å². The molecule has 3 rings (SSSR count). The Morgan fingerprint density at radius 2 is 1.97 bits per heavy atom. The van der Waals surface area contributed by atoms with Gasteiger partial charge in [0, 0.05) is 11.8 Å². The van der Waals surface area contributed by atoms with E-state index in [0.717, 1.165) is 20.5 Å². The second kappa shape index (κ2) is 9.95. The topological polar surface area (TPSA) is 73.9 Å². The molecule has 0 saturated carbocycles. The summed E-state index contributed by atoms with van der Waals surface area (Å²) in [5.74, 6) is 0.697. The summed E-state index contributed by atoms with van der Waals surface area (Å²) < 4.78 is 18.1. The monoisotopic (exact) mass is 491 g/mol. The number of methoxy groups -OCH3 is 1. The molecular formula is C22H22BrNO5S. The molecule has 0 bridgehead atoms. The summed E-state index contributed by atoms with van der Waals surface area (Å²) in [5, 5.41) is 3.95. The first kappa shape index (κ1) is 22.1. The van der Waals surface area contributed by atoms with E-state index in [9.17, 15) is 9.59 Å². The fourth-order valence-corrected chi connectivity index (χ4v) is 4.66. The van der Waals surface area contributed by atoms with Gasteiger partial charge in [-0.2, -0.15) is 0 Å². The second-order valence-electron chi connectivity index (χ2n) is 6.32. The molecule has 6 nitrogen and oxygen atoms in total. The van der Waals surface area contributed by atoms with E-state index in [1.54, 1.807) is 21.0 Å². The van der Waals surface area contributed by atoms with Crippen molar-refractivity contribution in [1.82, 2.24) is 0 Å². The Bertz CT molecular complexity index is 1080. The van der Waals surface area contributed by atoms with Gasteiger partial charge in [0.15, 0.2) is 5.75 Å². The number of rotatable bonds is 8. The number of hydrogen-bond acceptors (Lipinski definition) is 6. The van der Waals surface area contributed by atoms with Crippen LogP contribution in [0.25, 0.3) is 10.1 Å². The molecule has 1 amide bonds. The molecule has 0 aliphatic carbocycles. The smallest absolute Gasteiger partial charge is 0.341 e. The molecule has 0 spiro atoms. The number of halogens is 1. The number of fused-ring (bicyclic) bond motifs is 1. The van der Waals surface area contributed by atoms with Crippen LogP contribution in [0.4, 0.5) is 5.00 Å². The highest BCUT2D eigenvalue weighted by Crippen LogP contribution is 2.45. The van der Waals surface area contributed by atoms with Crippen LogP contribution in [-0.4, -0.2) is 25.6 Å². The number of hydrogen-bond donors (Lipinski definition) is 1. The van der Waals surface area contributed by atoms with Crippen molar-refractivity contribution in [2.45, 2.75) is 26.9 Å². The van der Waals surface area contributed by atoms with E-state index in [1.165, 1.54) is 11.3 Å². The van der Waals surface area contributed by atoms with E-state index in [2.05, 4.69) is 21.2 Å². The molecule has 3 aromatic rings. The van der Waals surface area contributed by atoms with Gasteiger partial charge in [-0.3, -0.25) is 4.79 Å². The highest BCUT2D eigenvalue weighted by molar-refractivity contribution is 9.10. The molecule has 2 aromatic carbocycles. The van der Waals surface area contributed by atoms with Gasteiger partial charge in [-0.05, 0) is 46.6 Å². The Morgan fingerprint density at radius 3 is 2.67 bits per heavy atom. The Balaban J connectivity index is 2.03. The van der Waals surface area contributed by atoms with Crippen molar-refractivity contribution in [3.05, 3.63) is 52.0 Å². The number of ether oxygens (including phenoxy) is 3. The average molecular weight is 492 g/mol. The summed E-state index contributed by atoms with van der Waals surface area (Å²) in [6, 6.07) is 11.3. The summed E-state index contributed by atoms with van der Waals surface area (Å²) in [4.78, 5) is 24.6. The van der Waals surface area contributed by atoms with Crippen LogP contribution in [-0.2, 0) is 16.1 Å². The zero-order valence-corrected chi connectivity index (χ0v) is 19.3. The highest BCUT2D eigenvalue weighted by atomic mass is 79.9. The molecule has 1 aromatic heterocycles. The lowest BCUT2D eigenvalue weighted by Gasteiger charge is -2.10. The normalized spacial score (nSPS) is 10.7. The van der Waals surface area contributed by atoms with Crippen molar-refractivity contribution < 1.29 is 23.8 Å². The van der Waals surface area contributed by atoms with E-state index < -0.39 is 5.97 Å². The first-order valence-corrected chi connectivity index (χ1v) is 11.1. The Morgan fingerprint density at radius 1 is 1.17 bits per heavy atom. The minimum absolute atomic E-state index is 0.176. The molecule has 8 heteroatoms. The summed E-state index contributed by atoms with van der Waals surface area (Å²) in [5.41, 5.74) is 1.29. The fourth-order valence-electron chi connectivity index (χ4n) is 2.87. The first-order chi connectivity index (χ1) is 14.5. The van der Waals surface area contributed by atoms with E-state index in [-0.39, 0.29) is 12.5 Å². The van der Waals surface area contributed by atoms with Gasteiger partial charge in [0.1, 0.15) is 22.9 Å². The highest BCUT2D eigenvalue weighted by Gasteiger charge is 2.24. The van der Waals surface area contributed by atoms with E-state index in [1.807, 2.05) is 36.4 Å². The van der Waals surface area contributed by atoms with Gasteiger partial charge in [0.2, 0.25) is 5.91 Å². The fraction of sp³-hybridized carbons (Fsp3) is 0.273. The Labute approximate surface area is 187 Å². The molecule has 0 atom stereocenters. The summed E-state index contributed by atoms with van der Waals surface area (Å²) in [7, 11) is 1.62. The molecule has 30 heavy (non-hydrogen) atoms. The van der Waals surface area contributed by atoms with Crippen LogP contribution in [0.2, 0.25) is 0 Å². The molecule has 0 aliphatic rings. The van der Waals surface area contributed by atoms with Gasteiger partial charge >= 0.3 is 5.97 Å². The molecule has 0 unspecified atom stereocenters. The SMILES string of the molecule is CCOC(=O)c1c(NC(=O)CC)sc2c(OCc3cccc(OC)c3)c(Br)ccc12. The molecule has 158 valence electrons. The maximum Gasteiger partial charge on any atom is 0.341 e. The van der Waals surface area contributed by atoms with Crippen LogP contribution in [0.5, 0.6) is 11.5 Å². The summed E-state index contributed by atoms with van der Waals surface area (Å²) >= 11 is 4.83. The Kier molecular flexibility index (Phi) is 7.33. The van der Waals surface area contributed by atoms with Gasteiger partial charge in [-0.25, -0.2) is 4.79 Å². The van der Waals surface area contributed by atoms with Crippen LogP contribution in [0.1, 0.15) is 36.2 Å². The maximum atomic E-state index is 12.6. The summed E-state index contributed by atoms with van der Waals surface area (Å²) in [6.45, 7) is 4.06. The van der Waals surface area contributed by atoms with Crippen LogP contribution < -0.4 is 14.8 Å². The molecule has 0 radical (unpaired) electrons. The lowest BCUT2D eigenvalue weighted by molar-refractivity contribution is -0.115. The van der Waals surface area contributed by atoms with Crippen LogP contribution in [0, 0.1) is 0 Å². The minimum Gasteiger partial charge on any atom is -0.497 e. The van der Waals surface area contributed by atoms with Gasteiger partial charge in [0.25, 0.3) is 0 Å². The number of carbonyl (C=O) groups is 2. The third-order valence-electron chi connectivity index (χ3n) is 4.34. The van der Waals surface area contributed by atoms with Crippen LogP contribution in [0.3, 0.4) is 0 Å². The molecule has 0 fully saturated rings. The van der Waals surface area contributed by atoms with Crippen molar-refractivity contribution in [3.8, 4) is 11.5 Å². The number of benzene rings is 2. The predicted molar refractivity (Wildman–Crippen MR) is 122 cm³/mol. The minimum atomic E-state index is -0.476. The molecule has 1 N–H and O–H groups in total. The third kappa shape index (κ3) is 4.76. The maximum absolute atomic E-state index is 12.6. The predicted octanol–water partition coefficient (Wildman–Crippen LogP) is 5.78. The molecule has 1 heterocycles. The van der Waals surface area contributed by atoms with Crippen molar-refractivity contribution in [2.75, 3.05) is 19.0 Å². The van der Waals surface area contributed by atoms with Crippen LogP contribution >= 0.6 is 27.3 Å². The lowest BCUT2D eigenvalue weighted by Crippen LogP contribution is -2.12. The Hall–Kier alpha value is -2.58. The van der Waals surface area contributed by atoms with Gasteiger partial charge in [-0.1, -0.05) is 25.1 Å². The molecular weight excluding hydrogens is 470 g/mol. The van der Waals surface area contributed by atoms with Gasteiger partial charge < -0.3 is 19.5 Å². The van der Waals surface area contributed by atoms with Gasteiger partial charge in [-0.15, -0.1) is 11.3 Å². The largest absolute Gasteiger partial charge is 0.497 e. The van der Waals surface area contributed by atoms with Crippen molar-refractivity contribution in [1.29, 1.82) is 0 Å². The van der Waals surface area contributed by atoms with Gasteiger partial charge in [0.05, 0.1) is 22.9 Å². The number of amides is 1. The first-order valence-electron chi connectivity index (χ1n) is 9.46. The van der Waals surface area contributed by atoms with Crippen molar-refractivity contribution in [3.63, 3.8) is 0 Å². The standard InChI is InChI=1S/C22H22BrNO5S/c1-4-17(25)24-21-18(22(26)28-5-2)15-9-10-16(23)19(20(15)30-21)29-12-13-7-6-8-14(11-13)27-3/h6-11H,4-5,12H2,1-3H3,(H,24,25). The zero-order chi connectivity index (χ0) is 21.7. The zero-order valence-electron chi connectivity index (χ0n) is 16.9. The summed E-state index contributed by atoms with van der Waals surface area (Å²) in [6.07, 6.45) is 0.305. The lowest BCUT2D eigenvalue weighted by atomic mass is 10.1. The van der Waals surface area contributed by atoms with E-state index in [4.69, 9.17) is 14.2 Å². The number of esters is 1. The quantitative estimate of drug-likeness (QED) is 0.404. The van der Waals surface area contributed by atoms with Crippen molar-refractivity contribution in [2.24, 2.45) is 0 Å². The number of anilines is 1.